The third-order valence-electron chi connectivity index (χ3n) is 2.67. The number of hydrogen-bond acceptors (Lipinski definition) is 3. The summed E-state index contributed by atoms with van der Waals surface area (Å²) in [5, 5.41) is 0. The molecular formula is C13H19N3O2. The van der Waals surface area contributed by atoms with Gasteiger partial charge in [-0.05, 0) is 5.56 Å². The Labute approximate surface area is 107 Å². The van der Waals surface area contributed by atoms with E-state index in [1.165, 1.54) is 9.80 Å². The zero-order chi connectivity index (χ0) is 13.7. The van der Waals surface area contributed by atoms with Crippen LogP contribution in [0.25, 0.3) is 0 Å². The lowest BCUT2D eigenvalue weighted by atomic mass is 10.1. The number of hydrogen-bond donors (Lipinski definition) is 1. The normalized spacial score (nSPS) is 11.8. The van der Waals surface area contributed by atoms with Gasteiger partial charge in [0.2, 0.25) is 11.8 Å². The fourth-order valence-electron chi connectivity index (χ4n) is 1.46. The van der Waals surface area contributed by atoms with E-state index in [0.717, 1.165) is 5.56 Å². The van der Waals surface area contributed by atoms with Crippen molar-refractivity contribution < 1.29 is 9.59 Å². The van der Waals surface area contributed by atoms with Gasteiger partial charge >= 0.3 is 0 Å². The minimum atomic E-state index is -0.730. The predicted molar refractivity (Wildman–Crippen MR) is 69.7 cm³/mol. The first-order chi connectivity index (χ1) is 8.43. The molecule has 2 amide bonds. The van der Waals surface area contributed by atoms with Crippen molar-refractivity contribution >= 4 is 11.8 Å². The van der Waals surface area contributed by atoms with Gasteiger partial charge in [0.1, 0.15) is 6.04 Å². The summed E-state index contributed by atoms with van der Waals surface area (Å²) in [6, 6.07) is 8.38. The van der Waals surface area contributed by atoms with Gasteiger partial charge in [0, 0.05) is 21.1 Å². The molecule has 0 aliphatic heterocycles. The minimum Gasteiger partial charge on any atom is -0.347 e. The summed E-state index contributed by atoms with van der Waals surface area (Å²) in [5.74, 6) is -0.400. The SMILES string of the molecule is CN(C)C(=O)CN(C)C(=O)[C@H](N)c1ccccc1. The van der Waals surface area contributed by atoms with Crippen LogP contribution in [0.2, 0.25) is 0 Å². The number of carbonyl (C=O) groups is 2. The van der Waals surface area contributed by atoms with E-state index in [1.54, 1.807) is 33.3 Å². The van der Waals surface area contributed by atoms with E-state index in [4.69, 9.17) is 5.73 Å². The van der Waals surface area contributed by atoms with Crippen LogP contribution in [0.1, 0.15) is 11.6 Å². The highest BCUT2D eigenvalue weighted by Crippen LogP contribution is 2.11. The molecule has 1 rings (SSSR count). The predicted octanol–water partition coefficient (Wildman–Crippen LogP) is 0.233. The highest BCUT2D eigenvalue weighted by atomic mass is 16.2. The third-order valence-corrected chi connectivity index (χ3v) is 2.67. The summed E-state index contributed by atoms with van der Waals surface area (Å²) in [5.41, 5.74) is 6.62. The molecule has 0 bridgehead atoms. The summed E-state index contributed by atoms with van der Waals surface area (Å²) in [4.78, 5) is 26.3. The van der Waals surface area contributed by atoms with Gasteiger partial charge in [-0.3, -0.25) is 9.59 Å². The van der Waals surface area contributed by atoms with Gasteiger partial charge in [-0.25, -0.2) is 0 Å². The Bertz CT molecular complexity index is 418. The van der Waals surface area contributed by atoms with E-state index in [9.17, 15) is 9.59 Å². The van der Waals surface area contributed by atoms with E-state index >= 15 is 0 Å². The van der Waals surface area contributed by atoms with Crippen LogP contribution < -0.4 is 5.73 Å². The molecule has 1 aromatic carbocycles. The second kappa shape index (κ2) is 6.16. The molecule has 98 valence electrons. The maximum atomic E-state index is 12.0. The molecule has 0 unspecified atom stereocenters. The van der Waals surface area contributed by atoms with Crippen molar-refractivity contribution in [3.05, 3.63) is 35.9 Å². The molecule has 0 saturated heterocycles. The van der Waals surface area contributed by atoms with Gasteiger partial charge in [0.05, 0.1) is 6.54 Å². The van der Waals surface area contributed by atoms with Crippen molar-refractivity contribution in [2.45, 2.75) is 6.04 Å². The molecule has 0 saturated carbocycles. The Morgan fingerprint density at radius 3 is 2.22 bits per heavy atom. The number of amides is 2. The zero-order valence-electron chi connectivity index (χ0n) is 11.0. The lowest BCUT2D eigenvalue weighted by Gasteiger charge is -2.22. The highest BCUT2D eigenvalue weighted by molar-refractivity contribution is 5.87. The first-order valence-corrected chi connectivity index (χ1v) is 5.69. The van der Waals surface area contributed by atoms with E-state index < -0.39 is 6.04 Å². The summed E-state index contributed by atoms with van der Waals surface area (Å²) >= 11 is 0. The minimum absolute atomic E-state index is 0.0341. The monoisotopic (exact) mass is 249 g/mol. The number of nitrogens with zero attached hydrogens (tertiary/aromatic N) is 2. The van der Waals surface area contributed by atoms with E-state index in [-0.39, 0.29) is 18.4 Å². The van der Waals surface area contributed by atoms with E-state index in [1.807, 2.05) is 18.2 Å². The molecule has 18 heavy (non-hydrogen) atoms. The van der Waals surface area contributed by atoms with E-state index in [2.05, 4.69) is 0 Å². The van der Waals surface area contributed by atoms with Gasteiger partial charge in [-0.2, -0.15) is 0 Å². The highest BCUT2D eigenvalue weighted by Gasteiger charge is 2.21. The van der Waals surface area contributed by atoms with Crippen molar-refractivity contribution in [3.63, 3.8) is 0 Å². The van der Waals surface area contributed by atoms with Crippen LogP contribution in [0.4, 0.5) is 0 Å². The number of likely N-dealkylation sites (N-methyl/N-ethyl adjacent to an activating group) is 2. The molecule has 0 aliphatic carbocycles. The second-order valence-corrected chi connectivity index (χ2v) is 4.37. The summed E-state index contributed by atoms with van der Waals surface area (Å²) < 4.78 is 0. The molecule has 0 spiro atoms. The van der Waals surface area contributed by atoms with Gasteiger partial charge in [0.15, 0.2) is 0 Å². The Morgan fingerprint density at radius 2 is 1.72 bits per heavy atom. The van der Waals surface area contributed by atoms with Gasteiger partial charge in [-0.15, -0.1) is 0 Å². The van der Waals surface area contributed by atoms with Gasteiger partial charge < -0.3 is 15.5 Å². The average Bonchev–Trinajstić information content (AvgIpc) is 2.37. The van der Waals surface area contributed by atoms with Crippen LogP contribution in [0, 0.1) is 0 Å². The zero-order valence-corrected chi connectivity index (χ0v) is 11.0. The van der Waals surface area contributed by atoms with E-state index in [0.29, 0.717) is 0 Å². The maximum Gasteiger partial charge on any atom is 0.244 e. The Kier molecular flexibility index (Phi) is 4.85. The second-order valence-electron chi connectivity index (χ2n) is 4.37. The number of nitrogens with two attached hydrogens (primary N) is 1. The van der Waals surface area contributed by atoms with Crippen LogP contribution in [0.15, 0.2) is 30.3 Å². The molecule has 5 nitrogen and oxygen atoms in total. The molecule has 2 N–H and O–H groups in total. The standard InChI is InChI=1S/C13H19N3O2/c1-15(2)11(17)9-16(3)13(18)12(14)10-7-5-4-6-8-10/h4-8,12H,9,14H2,1-3H3/t12-/m1/s1. The van der Waals surface area contributed by atoms with Crippen LogP contribution in [-0.2, 0) is 9.59 Å². The Morgan fingerprint density at radius 1 is 1.17 bits per heavy atom. The summed E-state index contributed by atoms with van der Waals surface area (Å²) in [7, 11) is 4.88. The fourth-order valence-corrected chi connectivity index (χ4v) is 1.46. The topological polar surface area (TPSA) is 66.6 Å². The third kappa shape index (κ3) is 3.56. The lowest BCUT2D eigenvalue weighted by Crippen LogP contribution is -2.41. The maximum absolute atomic E-state index is 12.0. The molecule has 0 aliphatic rings. The summed E-state index contributed by atoms with van der Waals surface area (Å²) in [6.45, 7) is 0.0341. The molecule has 1 atom stereocenters. The Hall–Kier alpha value is -1.88. The molecule has 0 heterocycles. The first-order valence-electron chi connectivity index (χ1n) is 5.69. The smallest absolute Gasteiger partial charge is 0.244 e. The van der Waals surface area contributed by atoms with Crippen LogP contribution in [0.3, 0.4) is 0 Å². The number of carbonyl (C=O) groups excluding carboxylic acids is 2. The number of benzene rings is 1. The quantitative estimate of drug-likeness (QED) is 0.831. The van der Waals surface area contributed by atoms with Crippen LogP contribution in [0.5, 0.6) is 0 Å². The number of rotatable bonds is 4. The molecular weight excluding hydrogens is 230 g/mol. The Balaban J connectivity index is 2.67. The van der Waals surface area contributed by atoms with Gasteiger partial charge in [0.25, 0.3) is 0 Å². The summed E-state index contributed by atoms with van der Waals surface area (Å²) in [6.07, 6.45) is 0. The first kappa shape index (κ1) is 14.2. The van der Waals surface area contributed by atoms with Crippen molar-refractivity contribution in [1.82, 2.24) is 9.80 Å². The van der Waals surface area contributed by atoms with Crippen molar-refractivity contribution in [2.24, 2.45) is 5.73 Å². The molecule has 1 aromatic rings. The van der Waals surface area contributed by atoms with Gasteiger partial charge in [-0.1, -0.05) is 30.3 Å². The largest absolute Gasteiger partial charge is 0.347 e. The lowest BCUT2D eigenvalue weighted by molar-refractivity contribution is -0.138. The van der Waals surface area contributed by atoms with Crippen molar-refractivity contribution in [3.8, 4) is 0 Å². The molecule has 0 aromatic heterocycles. The van der Waals surface area contributed by atoms with Crippen LogP contribution >= 0.6 is 0 Å². The van der Waals surface area contributed by atoms with Crippen molar-refractivity contribution in [1.29, 1.82) is 0 Å². The molecule has 0 radical (unpaired) electrons. The molecule has 5 heteroatoms. The average molecular weight is 249 g/mol. The molecule has 0 fully saturated rings. The van der Waals surface area contributed by atoms with Crippen LogP contribution in [-0.4, -0.2) is 49.3 Å². The van der Waals surface area contributed by atoms with Crippen molar-refractivity contribution in [2.75, 3.05) is 27.7 Å². The fraction of sp³-hybridized carbons (Fsp3) is 0.385.